The van der Waals surface area contributed by atoms with E-state index in [0.717, 1.165) is 22.4 Å². The van der Waals surface area contributed by atoms with Gasteiger partial charge in [-0.05, 0) is 42.8 Å². The highest BCUT2D eigenvalue weighted by atomic mass is 32.2. The van der Waals surface area contributed by atoms with Crippen LogP contribution in [0.15, 0.2) is 35.4 Å². The molecule has 2 heterocycles. The fourth-order valence-corrected chi connectivity index (χ4v) is 3.42. The first-order valence-electron chi connectivity index (χ1n) is 5.95. The van der Waals surface area contributed by atoms with Crippen molar-refractivity contribution >= 4 is 33.2 Å². The first-order chi connectivity index (χ1) is 9.77. The molecule has 2 aromatic rings. The second kappa shape index (κ2) is 5.79. The van der Waals surface area contributed by atoms with Gasteiger partial charge in [0.2, 0.25) is 0 Å². The summed E-state index contributed by atoms with van der Waals surface area (Å²) < 4.78 is 22.9. The zero-order chi connectivity index (χ0) is 15.6. The number of aryl methyl sites for hydroxylation is 1. The van der Waals surface area contributed by atoms with Crippen molar-refractivity contribution in [2.45, 2.75) is 6.92 Å². The van der Waals surface area contributed by atoms with E-state index < -0.39 is 20.7 Å². The Bertz CT molecular complexity index is 819. The number of carboxylic acids is 1. The van der Waals surface area contributed by atoms with Gasteiger partial charge in [0.25, 0.3) is 0 Å². The molecule has 0 aliphatic heterocycles. The molecule has 0 atom stereocenters. The minimum atomic E-state index is -3.77. The van der Waals surface area contributed by atoms with Crippen molar-refractivity contribution in [3.05, 3.63) is 45.9 Å². The lowest BCUT2D eigenvalue weighted by Crippen LogP contribution is -2.10. The average molecular weight is 323 g/mol. The Hall–Kier alpha value is -1.99. The second-order valence-electron chi connectivity index (χ2n) is 4.47. The van der Waals surface area contributed by atoms with Crippen LogP contribution in [-0.2, 0) is 14.6 Å². The van der Waals surface area contributed by atoms with Gasteiger partial charge in [-0.1, -0.05) is 0 Å². The van der Waals surface area contributed by atoms with Crippen molar-refractivity contribution in [2.24, 2.45) is 0 Å². The molecule has 0 fully saturated rings. The van der Waals surface area contributed by atoms with Gasteiger partial charge in [-0.3, -0.25) is 4.98 Å². The van der Waals surface area contributed by atoms with Gasteiger partial charge in [0.1, 0.15) is 0 Å². The maximum Gasteiger partial charge on any atom is 0.347 e. The van der Waals surface area contributed by atoms with Gasteiger partial charge in [0.05, 0.1) is 0 Å². The number of aromatic nitrogens is 1. The number of rotatable bonds is 4. The van der Waals surface area contributed by atoms with E-state index >= 15 is 0 Å². The largest absolute Gasteiger partial charge is 0.477 e. The minimum Gasteiger partial charge on any atom is -0.477 e. The van der Waals surface area contributed by atoms with Crippen LogP contribution >= 0.6 is 11.3 Å². The average Bonchev–Trinajstić information content (AvgIpc) is 2.83. The van der Waals surface area contributed by atoms with Gasteiger partial charge in [-0.15, -0.1) is 11.3 Å². The molecule has 0 unspecified atom stereocenters. The molecule has 0 aliphatic rings. The molecule has 21 heavy (non-hydrogen) atoms. The lowest BCUT2D eigenvalue weighted by molar-refractivity contribution is -0.131. The van der Waals surface area contributed by atoms with E-state index in [0.29, 0.717) is 4.88 Å². The summed E-state index contributed by atoms with van der Waals surface area (Å²) in [6.07, 6.45) is 3.76. The molecule has 0 aliphatic carbocycles. The van der Waals surface area contributed by atoms with Gasteiger partial charge in [0.15, 0.2) is 14.7 Å². The highest BCUT2D eigenvalue weighted by molar-refractivity contribution is 7.95. The topological polar surface area (TPSA) is 84.3 Å². The van der Waals surface area contributed by atoms with E-state index in [-0.39, 0.29) is 0 Å². The summed E-state index contributed by atoms with van der Waals surface area (Å²) in [6, 6.07) is 7.28. The number of hydrogen-bond acceptors (Lipinski definition) is 5. The Morgan fingerprint density at radius 1 is 1.33 bits per heavy atom. The molecule has 110 valence electrons. The number of nitrogens with zero attached hydrogens (tertiary/aromatic N) is 1. The molecule has 0 spiro atoms. The Morgan fingerprint density at radius 2 is 2.05 bits per heavy atom. The smallest absolute Gasteiger partial charge is 0.347 e. The number of carbonyl (C=O) groups is 1. The number of hydrogen-bond donors (Lipinski definition) is 1. The van der Waals surface area contributed by atoms with Crippen molar-refractivity contribution in [1.82, 2.24) is 4.98 Å². The lowest BCUT2D eigenvalue weighted by atomic mass is 10.2. The van der Waals surface area contributed by atoms with Crippen LogP contribution in [0.1, 0.15) is 10.6 Å². The van der Waals surface area contributed by atoms with E-state index in [1.165, 1.54) is 17.4 Å². The van der Waals surface area contributed by atoms with Gasteiger partial charge in [-0.25, -0.2) is 13.2 Å². The summed E-state index contributed by atoms with van der Waals surface area (Å²) in [5, 5.41) is 8.98. The predicted molar refractivity (Wildman–Crippen MR) is 82.7 cm³/mol. The molecule has 0 radical (unpaired) electrons. The fourth-order valence-electron chi connectivity index (χ4n) is 1.74. The summed E-state index contributed by atoms with van der Waals surface area (Å²) in [4.78, 5) is 16.0. The number of sulfone groups is 1. The third-order valence-corrected chi connectivity index (χ3v) is 4.86. The van der Waals surface area contributed by atoms with E-state index in [1.54, 1.807) is 12.3 Å². The molecule has 0 saturated carbocycles. The van der Waals surface area contributed by atoms with Gasteiger partial charge in [0, 0.05) is 27.9 Å². The van der Waals surface area contributed by atoms with Crippen molar-refractivity contribution in [3.63, 3.8) is 0 Å². The summed E-state index contributed by atoms with van der Waals surface area (Å²) in [7, 11) is -3.77. The van der Waals surface area contributed by atoms with Crippen molar-refractivity contribution < 1.29 is 18.3 Å². The van der Waals surface area contributed by atoms with E-state index in [1.807, 2.05) is 25.1 Å². The zero-order valence-electron chi connectivity index (χ0n) is 11.4. The number of aliphatic carboxylic acids is 1. The van der Waals surface area contributed by atoms with Crippen molar-refractivity contribution in [3.8, 4) is 10.4 Å². The highest BCUT2D eigenvalue weighted by Crippen LogP contribution is 2.30. The molecule has 1 N–H and O–H groups in total. The van der Waals surface area contributed by atoms with Crippen molar-refractivity contribution in [1.29, 1.82) is 0 Å². The van der Waals surface area contributed by atoms with Crippen LogP contribution in [0, 0.1) is 6.92 Å². The predicted octanol–water partition coefficient (Wildman–Crippen LogP) is 2.59. The molecule has 5 nitrogen and oxygen atoms in total. The summed E-state index contributed by atoms with van der Waals surface area (Å²) >= 11 is 1.32. The number of carboxylic acid groups (broad SMARTS) is 1. The van der Waals surface area contributed by atoms with Gasteiger partial charge >= 0.3 is 5.97 Å². The van der Waals surface area contributed by atoms with Crippen LogP contribution in [0.5, 0.6) is 0 Å². The van der Waals surface area contributed by atoms with Crippen LogP contribution in [-0.4, -0.2) is 30.7 Å². The summed E-state index contributed by atoms with van der Waals surface area (Å²) in [5.41, 5.74) is 1.84. The maximum atomic E-state index is 11.4. The SMILES string of the molecule is Cc1cc(-c2ccc(C=C(C(=O)O)S(C)(=O)=O)s2)ccn1. The normalized spacial score (nSPS) is 12.4. The Kier molecular flexibility index (Phi) is 4.24. The quantitative estimate of drug-likeness (QED) is 0.874. The van der Waals surface area contributed by atoms with E-state index in [4.69, 9.17) is 5.11 Å². The molecule has 0 saturated heterocycles. The molecular formula is C14H13NO4S2. The highest BCUT2D eigenvalue weighted by Gasteiger charge is 2.19. The molecule has 2 rings (SSSR count). The fraction of sp³-hybridized carbons (Fsp3) is 0.143. The minimum absolute atomic E-state index is 0.572. The first kappa shape index (κ1) is 15.4. The molecule has 7 heteroatoms. The zero-order valence-corrected chi connectivity index (χ0v) is 13.0. The standard InChI is InChI=1S/C14H13NO4S2/c1-9-7-10(5-6-15-9)12-4-3-11(20-12)8-13(14(16)17)21(2,18)19/h3-8H,1-2H3,(H,16,17). The van der Waals surface area contributed by atoms with E-state index in [2.05, 4.69) is 4.98 Å². The lowest BCUT2D eigenvalue weighted by Gasteiger charge is -1.98. The van der Waals surface area contributed by atoms with Gasteiger partial charge in [-0.2, -0.15) is 0 Å². The first-order valence-corrected chi connectivity index (χ1v) is 8.66. The number of thiophene rings is 1. The Labute approximate surface area is 126 Å². The molecule has 0 bridgehead atoms. The molecular weight excluding hydrogens is 310 g/mol. The Balaban J connectivity index is 2.43. The third-order valence-electron chi connectivity index (χ3n) is 2.69. The Morgan fingerprint density at radius 3 is 2.62 bits per heavy atom. The van der Waals surface area contributed by atoms with Crippen LogP contribution < -0.4 is 0 Å². The summed E-state index contributed by atoms with van der Waals surface area (Å²) in [5.74, 6) is -1.45. The van der Waals surface area contributed by atoms with Crippen LogP contribution in [0.4, 0.5) is 0 Å². The molecule has 0 aromatic carbocycles. The monoisotopic (exact) mass is 323 g/mol. The molecule has 0 amide bonds. The number of pyridine rings is 1. The van der Waals surface area contributed by atoms with Gasteiger partial charge < -0.3 is 5.11 Å². The third kappa shape index (κ3) is 3.77. The van der Waals surface area contributed by atoms with Crippen molar-refractivity contribution in [2.75, 3.05) is 6.26 Å². The summed E-state index contributed by atoms with van der Waals surface area (Å²) in [6.45, 7) is 1.88. The van der Waals surface area contributed by atoms with Crippen LogP contribution in [0.2, 0.25) is 0 Å². The second-order valence-corrected chi connectivity index (χ2v) is 7.57. The van der Waals surface area contributed by atoms with E-state index in [9.17, 15) is 13.2 Å². The van der Waals surface area contributed by atoms with Crippen LogP contribution in [0.3, 0.4) is 0 Å². The maximum absolute atomic E-state index is 11.4. The van der Waals surface area contributed by atoms with Crippen LogP contribution in [0.25, 0.3) is 16.5 Å². The molecule has 2 aromatic heterocycles.